The SMILES string of the molecule is C=C(C)C(=O)OC(CCCCCCCC)CCCCCOc1ccccc1. The first kappa shape index (κ1) is 23.3. The molecule has 0 N–H and O–H groups in total. The molecular formula is C24H38O3. The number of para-hydroxylation sites is 1. The van der Waals surface area contributed by atoms with Crippen LogP contribution in [-0.2, 0) is 9.53 Å². The van der Waals surface area contributed by atoms with Crippen molar-refractivity contribution in [2.75, 3.05) is 6.61 Å². The maximum absolute atomic E-state index is 11.9. The number of esters is 1. The molecule has 3 heteroatoms. The number of unbranched alkanes of at least 4 members (excludes halogenated alkanes) is 7. The molecule has 0 heterocycles. The molecule has 0 fully saturated rings. The zero-order valence-electron chi connectivity index (χ0n) is 17.4. The average molecular weight is 375 g/mol. The van der Waals surface area contributed by atoms with Gasteiger partial charge in [0, 0.05) is 5.57 Å². The van der Waals surface area contributed by atoms with Crippen LogP contribution in [0.25, 0.3) is 0 Å². The molecule has 0 aliphatic rings. The van der Waals surface area contributed by atoms with Gasteiger partial charge in [-0.1, -0.05) is 63.8 Å². The van der Waals surface area contributed by atoms with Gasteiger partial charge in [0.25, 0.3) is 0 Å². The van der Waals surface area contributed by atoms with Crippen molar-refractivity contribution in [3.8, 4) is 5.75 Å². The van der Waals surface area contributed by atoms with Gasteiger partial charge in [0.1, 0.15) is 11.9 Å². The average Bonchev–Trinajstić information content (AvgIpc) is 2.67. The van der Waals surface area contributed by atoms with Crippen LogP contribution in [0, 0.1) is 0 Å². The third-order valence-corrected chi connectivity index (χ3v) is 4.68. The lowest BCUT2D eigenvalue weighted by molar-refractivity contribution is -0.145. The van der Waals surface area contributed by atoms with E-state index < -0.39 is 0 Å². The molecule has 27 heavy (non-hydrogen) atoms. The van der Waals surface area contributed by atoms with Crippen molar-refractivity contribution in [2.45, 2.75) is 90.6 Å². The van der Waals surface area contributed by atoms with E-state index in [2.05, 4.69) is 13.5 Å². The van der Waals surface area contributed by atoms with Gasteiger partial charge < -0.3 is 9.47 Å². The van der Waals surface area contributed by atoms with E-state index in [0.29, 0.717) is 5.57 Å². The fourth-order valence-electron chi connectivity index (χ4n) is 3.02. The molecule has 0 saturated heterocycles. The number of carbonyl (C=O) groups excluding carboxylic acids is 1. The predicted octanol–water partition coefficient (Wildman–Crippen LogP) is 6.86. The Morgan fingerprint density at radius 1 is 0.926 bits per heavy atom. The molecule has 1 rings (SSSR count). The van der Waals surface area contributed by atoms with Crippen LogP contribution in [0.15, 0.2) is 42.5 Å². The number of hydrogen-bond donors (Lipinski definition) is 0. The maximum Gasteiger partial charge on any atom is 0.333 e. The molecule has 0 amide bonds. The summed E-state index contributed by atoms with van der Waals surface area (Å²) in [7, 11) is 0. The van der Waals surface area contributed by atoms with E-state index in [-0.39, 0.29) is 12.1 Å². The van der Waals surface area contributed by atoms with Gasteiger partial charge in [-0.25, -0.2) is 4.79 Å². The first-order valence-electron chi connectivity index (χ1n) is 10.7. The van der Waals surface area contributed by atoms with Crippen molar-refractivity contribution in [2.24, 2.45) is 0 Å². The molecule has 0 aromatic heterocycles. The molecule has 1 aromatic carbocycles. The van der Waals surface area contributed by atoms with Crippen molar-refractivity contribution in [1.29, 1.82) is 0 Å². The van der Waals surface area contributed by atoms with Gasteiger partial charge in [-0.3, -0.25) is 0 Å². The van der Waals surface area contributed by atoms with Crippen LogP contribution in [-0.4, -0.2) is 18.7 Å². The molecule has 0 saturated carbocycles. The highest BCUT2D eigenvalue weighted by molar-refractivity contribution is 5.87. The number of benzene rings is 1. The van der Waals surface area contributed by atoms with Crippen molar-refractivity contribution in [3.05, 3.63) is 42.5 Å². The van der Waals surface area contributed by atoms with Crippen LogP contribution in [0.5, 0.6) is 5.75 Å². The number of ether oxygens (including phenoxy) is 2. The van der Waals surface area contributed by atoms with Gasteiger partial charge in [-0.2, -0.15) is 0 Å². The summed E-state index contributed by atoms with van der Waals surface area (Å²) >= 11 is 0. The van der Waals surface area contributed by atoms with Crippen LogP contribution in [0.3, 0.4) is 0 Å². The summed E-state index contributed by atoms with van der Waals surface area (Å²) in [6, 6.07) is 9.92. The summed E-state index contributed by atoms with van der Waals surface area (Å²) in [5, 5.41) is 0. The topological polar surface area (TPSA) is 35.5 Å². The summed E-state index contributed by atoms with van der Waals surface area (Å²) in [4.78, 5) is 11.9. The second kappa shape index (κ2) is 15.3. The quantitative estimate of drug-likeness (QED) is 0.180. The van der Waals surface area contributed by atoms with Crippen LogP contribution in [0.4, 0.5) is 0 Å². The molecule has 1 atom stereocenters. The van der Waals surface area contributed by atoms with Gasteiger partial charge >= 0.3 is 5.97 Å². The Morgan fingerprint density at radius 3 is 2.15 bits per heavy atom. The van der Waals surface area contributed by atoms with E-state index in [4.69, 9.17) is 9.47 Å². The van der Waals surface area contributed by atoms with Crippen molar-refractivity contribution in [1.82, 2.24) is 0 Å². The van der Waals surface area contributed by atoms with Crippen molar-refractivity contribution in [3.63, 3.8) is 0 Å². The standard InChI is InChI=1S/C24H38O3/c1-4-5-6-7-8-11-18-23(27-24(25)21(2)3)19-14-10-15-20-26-22-16-12-9-13-17-22/h9,12-13,16-17,23H,2,4-8,10-11,14-15,18-20H2,1,3H3. The van der Waals surface area contributed by atoms with Gasteiger partial charge in [0.15, 0.2) is 0 Å². The fraction of sp³-hybridized carbons (Fsp3) is 0.625. The Kier molecular flexibility index (Phi) is 13.2. The van der Waals surface area contributed by atoms with Crippen LogP contribution in [0.2, 0.25) is 0 Å². The Morgan fingerprint density at radius 2 is 1.52 bits per heavy atom. The zero-order chi connectivity index (χ0) is 19.7. The molecular weight excluding hydrogens is 336 g/mol. The van der Waals surface area contributed by atoms with Gasteiger partial charge in [-0.05, 0) is 57.6 Å². The zero-order valence-corrected chi connectivity index (χ0v) is 17.4. The minimum atomic E-state index is -0.251. The Hall–Kier alpha value is -1.77. The fourth-order valence-corrected chi connectivity index (χ4v) is 3.02. The highest BCUT2D eigenvalue weighted by Gasteiger charge is 2.14. The van der Waals surface area contributed by atoms with Crippen molar-refractivity contribution < 1.29 is 14.3 Å². The number of hydrogen-bond acceptors (Lipinski definition) is 3. The lowest BCUT2D eigenvalue weighted by Crippen LogP contribution is -2.19. The summed E-state index contributed by atoms with van der Waals surface area (Å²) in [5.41, 5.74) is 0.485. The molecule has 3 nitrogen and oxygen atoms in total. The monoisotopic (exact) mass is 374 g/mol. The van der Waals surface area contributed by atoms with Crippen LogP contribution in [0.1, 0.15) is 84.5 Å². The number of carbonyl (C=O) groups is 1. The largest absolute Gasteiger partial charge is 0.494 e. The number of rotatable bonds is 16. The summed E-state index contributed by atoms with van der Waals surface area (Å²) in [5.74, 6) is 0.673. The van der Waals surface area contributed by atoms with Gasteiger partial charge in [0.05, 0.1) is 6.61 Å². The Balaban J connectivity index is 2.20. The lowest BCUT2D eigenvalue weighted by atomic mass is 10.0. The van der Waals surface area contributed by atoms with E-state index in [1.807, 2.05) is 30.3 Å². The van der Waals surface area contributed by atoms with E-state index in [9.17, 15) is 4.79 Å². The first-order chi connectivity index (χ1) is 13.1. The van der Waals surface area contributed by atoms with E-state index >= 15 is 0 Å². The Bertz CT molecular complexity index is 510. The van der Waals surface area contributed by atoms with Crippen LogP contribution < -0.4 is 4.74 Å². The molecule has 1 aromatic rings. The Labute approximate surface area is 166 Å². The normalized spacial score (nSPS) is 11.8. The van der Waals surface area contributed by atoms with E-state index in [1.165, 1.54) is 32.1 Å². The van der Waals surface area contributed by atoms with Gasteiger partial charge in [-0.15, -0.1) is 0 Å². The molecule has 152 valence electrons. The summed E-state index contributed by atoms with van der Waals surface area (Å²) in [6.07, 6.45) is 12.6. The third kappa shape index (κ3) is 12.3. The third-order valence-electron chi connectivity index (χ3n) is 4.68. The second-order valence-electron chi connectivity index (χ2n) is 7.37. The van der Waals surface area contributed by atoms with Crippen molar-refractivity contribution >= 4 is 5.97 Å². The second-order valence-corrected chi connectivity index (χ2v) is 7.37. The smallest absolute Gasteiger partial charge is 0.333 e. The maximum atomic E-state index is 11.9. The van der Waals surface area contributed by atoms with E-state index in [1.54, 1.807) is 6.92 Å². The highest BCUT2D eigenvalue weighted by Crippen LogP contribution is 2.17. The summed E-state index contributed by atoms with van der Waals surface area (Å²) in [6.45, 7) is 8.38. The van der Waals surface area contributed by atoms with Gasteiger partial charge in [0.2, 0.25) is 0 Å². The molecule has 0 aliphatic carbocycles. The highest BCUT2D eigenvalue weighted by atomic mass is 16.5. The minimum absolute atomic E-state index is 0.0235. The molecule has 1 unspecified atom stereocenters. The first-order valence-corrected chi connectivity index (χ1v) is 10.7. The lowest BCUT2D eigenvalue weighted by Gasteiger charge is -2.18. The van der Waals surface area contributed by atoms with Crippen LogP contribution >= 0.6 is 0 Å². The molecule has 0 spiro atoms. The molecule has 0 radical (unpaired) electrons. The molecule has 0 aliphatic heterocycles. The van der Waals surface area contributed by atoms with E-state index in [0.717, 1.165) is 50.9 Å². The predicted molar refractivity (Wildman–Crippen MR) is 113 cm³/mol. The molecule has 0 bridgehead atoms. The minimum Gasteiger partial charge on any atom is -0.494 e. The summed E-state index contributed by atoms with van der Waals surface area (Å²) < 4.78 is 11.4.